The Balaban J connectivity index is 1.74. The van der Waals surface area contributed by atoms with Crippen molar-refractivity contribution in [1.29, 1.82) is 0 Å². The van der Waals surface area contributed by atoms with E-state index >= 15 is 0 Å². The first-order chi connectivity index (χ1) is 9.24. The topological polar surface area (TPSA) is 51.8 Å². The molecule has 19 heavy (non-hydrogen) atoms. The third-order valence-electron chi connectivity index (χ3n) is 5.56. The third kappa shape index (κ3) is 1.87. The van der Waals surface area contributed by atoms with Crippen LogP contribution in [0.2, 0.25) is 0 Å². The molecule has 0 saturated heterocycles. The summed E-state index contributed by atoms with van der Waals surface area (Å²) in [5, 5.41) is 0. The second-order valence-corrected chi connectivity index (χ2v) is 7.49. The van der Waals surface area contributed by atoms with Crippen LogP contribution in [-0.2, 0) is 0 Å². The highest BCUT2D eigenvalue weighted by molar-refractivity contribution is 7.98. The molecule has 4 aliphatic carbocycles. The van der Waals surface area contributed by atoms with Crippen LogP contribution in [0, 0.1) is 23.7 Å². The van der Waals surface area contributed by atoms with Crippen molar-refractivity contribution in [1.82, 2.24) is 9.97 Å². The Morgan fingerprint density at radius 3 is 2.32 bits per heavy atom. The smallest absolute Gasteiger partial charge is 0.220 e. The Bertz CT molecular complexity index is 474. The van der Waals surface area contributed by atoms with Gasteiger partial charge in [-0.15, -0.1) is 11.8 Å². The van der Waals surface area contributed by atoms with Crippen LogP contribution in [0.4, 0.5) is 5.95 Å². The first kappa shape index (κ1) is 12.0. The average Bonchev–Trinajstić information content (AvgIpc) is 2.37. The molecule has 0 atom stereocenters. The standard InChI is InChI=1S/C15H21N3S/c1-19-12-7-17-15(16)18-14(12)13-10-3-8-2-9(5-10)6-11(13)4-8/h7-11,13H,2-6H2,1H3,(H2,16,17,18). The second kappa shape index (κ2) is 4.37. The Kier molecular flexibility index (Phi) is 2.76. The van der Waals surface area contributed by atoms with Gasteiger partial charge >= 0.3 is 0 Å². The Morgan fingerprint density at radius 1 is 1.11 bits per heavy atom. The molecule has 3 nitrogen and oxygen atoms in total. The van der Waals surface area contributed by atoms with Crippen LogP contribution in [0.3, 0.4) is 0 Å². The predicted octanol–water partition coefficient (Wildman–Crippen LogP) is 3.32. The molecule has 0 radical (unpaired) electrons. The molecule has 0 aromatic carbocycles. The molecule has 102 valence electrons. The molecule has 4 saturated carbocycles. The van der Waals surface area contributed by atoms with Gasteiger partial charge in [0.15, 0.2) is 0 Å². The van der Waals surface area contributed by atoms with E-state index in [-0.39, 0.29) is 0 Å². The highest BCUT2D eigenvalue weighted by Crippen LogP contribution is 2.60. The quantitative estimate of drug-likeness (QED) is 0.841. The van der Waals surface area contributed by atoms with Crippen LogP contribution in [0.25, 0.3) is 0 Å². The van der Waals surface area contributed by atoms with Crippen molar-refractivity contribution in [3.05, 3.63) is 11.9 Å². The lowest BCUT2D eigenvalue weighted by atomic mass is 9.51. The zero-order valence-electron chi connectivity index (χ0n) is 11.4. The largest absolute Gasteiger partial charge is 0.368 e. The molecule has 1 heterocycles. The summed E-state index contributed by atoms with van der Waals surface area (Å²) < 4.78 is 0. The number of nitrogens with zero attached hydrogens (tertiary/aromatic N) is 2. The van der Waals surface area contributed by atoms with E-state index in [0.717, 1.165) is 23.7 Å². The summed E-state index contributed by atoms with van der Waals surface area (Å²) in [6, 6.07) is 0. The molecule has 2 N–H and O–H groups in total. The highest BCUT2D eigenvalue weighted by atomic mass is 32.2. The first-order valence-electron chi connectivity index (χ1n) is 7.41. The van der Waals surface area contributed by atoms with Gasteiger partial charge in [0.05, 0.1) is 5.69 Å². The average molecular weight is 275 g/mol. The SMILES string of the molecule is CSc1cnc(N)nc1C1C2CC3CC(C2)CC1C3. The van der Waals surface area contributed by atoms with E-state index < -0.39 is 0 Å². The van der Waals surface area contributed by atoms with Crippen molar-refractivity contribution >= 4 is 17.7 Å². The van der Waals surface area contributed by atoms with Crippen molar-refractivity contribution in [2.24, 2.45) is 23.7 Å². The van der Waals surface area contributed by atoms with Crippen molar-refractivity contribution < 1.29 is 0 Å². The van der Waals surface area contributed by atoms with E-state index in [1.807, 2.05) is 6.20 Å². The van der Waals surface area contributed by atoms with Crippen LogP contribution < -0.4 is 5.73 Å². The predicted molar refractivity (Wildman–Crippen MR) is 78.0 cm³/mol. The first-order valence-corrected chi connectivity index (χ1v) is 8.63. The molecule has 0 unspecified atom stereocenters. The maximum atomic E-state index is 5.84. The summed E-state index contributed by atoms with van der Waals surface area (Å²) >= 11 is 1.77. The minimum atomic E-state index is 0.446. The molecule has 4 bridgehead atoms. The minimum Gasteiger partial charge on any atom is -0.368 e. The number of nitrogen functional groups attached to an aromatic ring is 1. The van der Waals surface area contributed by atoms with Crippen molar-refractivity contribution in [2.75, 3.05) is 12.0 Å². The molecule has 1 aromatic rings. The van der Waals surface area contributed by atoms with E-state index in [1.165, 1.54) is 42.7 Å². The van der Waals surface area contributed by atoms with E-state index in [0.29, 0.717) is 11.9 Å². The van der Waals surface area contributed by atoms with E-state index in [1.54, 1.807) is 11.8 Å². The Labute approximate surface area is 118 Å². The van der Waals surface area contributed by atoms with Gasteiger partial charge in [0.2, 0.25) is 5.95 Å². The lowest BCUT2D eigenvalue weighted by molar-refractivity contribution is -0.00505. The zero-order valence-corrected chi connectivity index (χ0v) is 12.2. The molecule has 4 heteroatoms. The van der Waals surface area contributed by atoms with Crippen LogP contribution in [0.1, 0.15) is 43.7 Å². The fourth-order valence-electron chi connectivity index (χ4n) is 5.17. The highest BCUT2D eigenvalue weighted by Gasteiger charge is 2.49. The molecule has 4 fully saturated rings. The molecule has 0 amide bonds. The lowest BCUT2D eigenvalue weighted by Crippen LogP contribution is -2.44. The minimum absolute atomic E-state index is 0.446. The molecular weight excluding hydrogens is 254 g/mol. The van der Waals surface area contributed by atoms with Gasteiger partial charge in [0.1, 0.15) is 0 Å². The summed E-state index contributed by atoms with van der Waals surface area (Å²) in [5.41, 5.74) is 7.10. The van der Waals surface area contributed by atoms with Gasteiger partial charge in [-0.25, -0.2) is 9.97 Å². The summed E-state index contributed by atoms with van der Waals surface area (Å²) in [6.45, 7) is 0. The van der Waals surface area contributed by atoms with Crippen molar-refractivity contribution in [2.45, 2.75) is 42.9 Å². The molecule has 4 aliphatic rings. The van der Waals surface area contributed by atoms with Crippen LogP contribution in [-0.4, -0.2) is 16.2 Å². The maximum Gasteiger partial charge on any atom is 0.220 e. The number of rotatable bonds is 2. The van der Waals surface area contributed by atoms with Crippen LogP contribution in [0.5, 0.6) is 0 Å². The number of anilines is 1. The van der Waals surface area contributed by atoms with Gasteiger partial charge in [0, 0.05) is 17.0 Å². The van der Waals surface area contributed by atoms with Gasteiger partial charge in [-0.1, -0.05) is 0 Å². The summed E-state index contributed by atoms with van der Waals surface area (Å²) in [6.07, 6.45) is 11.2. The fourth-order valence-corrected chi connectivity index (χ4v) is 5.71. The third-order valence-corrected chi connectivity index (χ3v) is 6.32. The molecular formula is C15H21N3S. The van der Waals surface area contributed by atoms with Gasteiger partial charge in [-0.3, -0.25) is 0 Å². The van der Waals surface area contributed by atoms with E-state index in [9.17, 15) is 0 Å². The van der Waals surface area contributed by atoms with Gasteiger partial charge < -0.3 is 5.73 Å². The van der Waals surface area contributed by atoms with Crippen LogP contribution in [0.15, 0.2) is 11.1 Å². The van der Waals surface area contributed by atoms with Crippen molar-refractivity contribution in [3.8, 4) is 0 Å². The number of nitrogens with two attached hydrogens (primary N) is 1. The molecule has 0 spiro atoms. The molecule has 0 aliphatic heterocycles. The molecule has 5 rings (SSSR count). The van der Waals surface area contributed by atoms with Crippen molar-refractivity contribution in [3.63, 3.8) is 0 Å². The summed E-state index contributed by atoms with van der Waals surface area (Å²) in [5.74, 6) is 4.83. The normalized spacial score (nSPS) is 39.7. The number of thioether (sulfide) groups is 1. The van der Waals surface area contributed by atoms with E-state index in [2.05, 4.69) is 16.2 Å². The second-order valence-electron chi connectivity index (χ2n) is 6.64. The monoisotopic (exact) mass is 275 g/mol. The van der Waals surface area contributed by atoms with E-state index in [4.69, 9.17) is 5.73 Å². The van der Waals surface area contributed by atoms with Gasteiger partial charge in [-0.2, -0.15) is 0 Å². The fraction of sp³-hybridized carbons (Fsp3) is 0.733. The number of hydrogen-bond acceptors (Lipinski definition) is 4. The lowest BCUT2D eigenvalue weighted by Gasteiger charge is -2.54. The maximum absolute atomic E-state index is 5.84. The number of hydrogen-bond donors (Lipinski definition) is 1. The van der Waals surface area contributed by atoms with Gasteiger partial charge in [-0.05, 0) is 62.0 Å². The summed E-state index contributed by atoms with van der Waals surface area (Å²) in [4.78, 5) is 10.0. The van der Waals surface area contributed by atoms with Gasteiger partial charge in [0.25, 0.3) is 0 Å². The van der Waals surface area contributed by atoms with Crippen LogP contribution >= 0.6 is 11.8 Å². The Hall–Kier alpha value is -0.770. The molecule has 1 aromatic heterocycles. The Morgan fingerprint density at radius 2 is 1.74 bits per heavy atom. The zero-order chi connectivity index (χ0) is 13.0. The summed E-state index contributed by atoms with van der Waals surface area (Å²) in [7, 11) is 0. The number of aromatic nitrogens is 2.